The molecule has 4 rings (SSSR count). The van der Waals surface area contributed by atoms with Crippen LogP contribution in [0.25, 0.3) is 0 Å². The number of aromatic nitrogens is 2. The fraction of sp³-hybridized carbons (Fsp3) is 0.421. The normalized spacial score (nSPS) is 21.0. The van der Waals surface area contributed by atoms with E-state index in [9.17, 15) is 4.39 Å². The van der Waals surface area contributed by atoms with Crippen molar-refractivity contribution in [2.24, 2.45) is 4.99 Å². The molecule has 27 heavy (non-hydrogen) atoms. The fourth-order valence-corrected chi connectivity index (χ4v) is 3.51. The number of amidine groups is 1. The maximum Gasteiger partial charge on any atom is 0.159 e. The standard InChI is InChI=1S/C19H23FN6O/c1-2-18(25-17-12-27-16-6-4-3-5-14(16)24-17)26-8-7-21-11-15(26)19-22-9-13(20)10-23-19/h3-6,9-10,15,18,21H,2,7-8,11-12H2,1H3,(H,24,25). The summed E-state index contributed by atoms with van der Waals surface area (Å²) in [6, 6.07) is 7.72. The number of ether oxygens (including phenoxy) is 1. The molecule has 1 aromatic heterocycles. The molecule has 142 valence electrons. The van der Waals surface area contributed by atoms with Gasteiger partial charge in [0, 0.05) is 19.6 Å². The Labute approximate surface area is 157 Å². The quantitative estimate of drug-likeness (QED) is 0.858. The monoisotopic (exact) mass is 370 g/mol. The van der Waals surface area contributed by atoms with Gasteiger partial charge >= 0.3 is 0 Å². The summed E-state index contributed by atoms with van der Waals surface area (Å²) < 4.78 is 19.0. The minimum Gasteiger partial charge on any atom is -0.483 e. The van der Waals surface area contributed by atoms with Crippen LogP contribution in [-0.2, 0) is 0 Å². The van der Waals surface area contributed by atoms with E-state index < -0.39 is 5.82 Å². The molecule has 0 spiro atoms. The highest BCUT2D eigenvalue weighted by atomic mass is 19.1. The van der Waals surface area contributed by atoms with Crippen LogP contribution in [0.2, 0.25) is 0 Å². The van der Waals surface area contributed by atoms with Gasteiger partial charge < -0.3 is 15.4 Å². The van der Waals surface area contributed by atoms with Gasteiger partial charge in [0.2, 0.25) is 0 Å². The van der Waals surface area contributed by atoms with Gasteiger partial charge in [-0.05, 0) is 18.6 Å². The Morgan fingerprint density at radius 3 is 2.96 bits per heavy atom. The molecule has 1 aromatic carbocycles. The fourth-order valence-electron chi connectivity index (χ4n) is 3.51. The number of halogens is 1. The van der Waals surface area contributed by atoms with E-state index in [1.54, 1.807) is 0 Å². The molecule has 0 radical (unpaired) electrons. The molecule has 0 saturated carbocycles. The van der Waals surface area contributed by atoms with Crippen molar-refractivity contribution in [1.82, 2.24) is 25.5 Å². The lowest BCUT2D eigenvalue weighted by Crippen LogP contribution is -2.57. The lowest BCUT2D eigenvalue weighted by atomic mass is 10.1. The smallest absolute Gasteiger partial charge is 0.159 e. The molecule has 3 heterocycles. The summed E-state index contributed by atoms with van der Waals surface area (Å²) in [5, 5.41) is 6.90. The summed E-state index contributed by atoms with van der Waals surface area (Å²) in [6.45, 7) is 4.97. The highest BCUT2D eigenvalue weighted by molar-refractivity contribution is 5.88. The third-order valence-corrected chi connectivity index (χ3v) is 4.83. The van der Waals surface area contributed by atoms with Crippen LogP contribution >= 0.6 is 0 Å². The Hall–Kier alpha value is -2.58. The number of nitrogens with zero attached hydrogens (tertiary/aromatic N) is 4. The van der Waals surface area contributed by atoms with E-state index in [0.717, 1.165) is 43.3 Å². The molecule has 7 nitrogen and oxygen atoms in total. The average molecular weight is 370 g/mol. The van der Waals surface area contributed by atoms with E-state index in [0.29, 0.717) is 12.4 Å². The summed E-state index contributed by atoms with van der Waals surface area (Å²) in [7, 11) is 0. The molecule has 1 fully saturated rings. The molecule has 0 amide bonds. The number of hydrogen-bond donors (Lipinski definition) is 2. The van der Waals surface area contributed by atoms with Gasteiger partial charge in [-0.1, -0.05) is 19.1 Å². The molecule has 1 saturated heterocycles. The van der Waals surface area contributed by atoms with Crippen molar-refractivity contribution in [3.8, 4) is 5.75 Å². The van der Waals surface area contributed by atoms with Crippen LogP contribution < -0.4 is 15.4 Å². The summed E-state index contributed by atoms with van der Waals surface area (Å²) in [5.41, 5.74) is 0.833. The summed E-state index contributed by atoms with van der Waals surface area (Å²) in [5.74, 6) is 1.80. The van der Waals surface area contributed by atoms with Gasteiger partial charge in [-0.25, -0.2) is 19.4 Å². The molecular weight excluding hydrogens is 347 g/mol. The van der Waals surface area contributed by atoms with Gasteiger partial charge in [0.25, 0.3) is 0 Å². The lowest BCUT2D eigenvalue weighted by Gasteiger charge is -2.41. The molecule has 2 aromatic rings. The van der Waals surface area contributed by atoms with Crippen LogP contribution in [0.1, 0.15) is 25.2 Å². The number of aliphatic imine (C=N–C) groups is 1. The van der Waals surface area contributed by atoms with E-state index >= 15 is 0 Å². The molecule has 0 bridgehead atoms. The maximum absolute atomic E-state index is 13.2. The Kier molecular flexibility index (Phi) is 5.26. The second kappa shape index (κ2) is 7.98. The molecule has 2 aliphatic heterocycles. The van der Waals surface area contributed by atoms with Crippen molar-refractivity contribution in [2.45, 2.75) is 25.6 Å². The first-order chi connectivity index (χ1) is 13.2. The number of benzene rings is 1. The van der Waals surface area contributed by atoms with Crippen molar-refractivity contribution in [2.75, 3.05) is 26.2 Å². The summed E-state index contributed by atoms with van der Waals surface area (Å²) in [4.78, 5) is 15.4. The van der Waals surface area contributed by atoms with Crippen LogP contribution in [0.5, 0.6) is 5.75 Å². The predicted molar refractivity (Wildman–Crippen MR) is 101 cm³/mol. The number of para-hydroxylation sites is 2. The Morgan fingerprint density at radius 2 is 2.15 bits per heavy atom. The molecule has 2 unspecified atom stereocenters. The van der Waals surface area contributed by atoms with E-state index in [-0.39, 0.29) is 12.2 Å². The Morgan fingerprint density at radius 1 is 1.33 bits per heavy atom. The van der Waals surface area contributed by atoms with Gasteiger partial charge in [0.05, 0.1) is 24.6 Å². The number of fused-ring (bicyclic) bond motifs is 1. The van der Waals surface area contributed by atoms with Gasteiger partial charge in [-0.15, -0.1) is 0 Å². The Bertz CT molecular complexity index is 812. The van der Waals surface area contributed by atoms with Gasteiger partial charge in [-0.2, -0.15) is 0 Å². The first-order valence-corrected chi connectivity index (χ1v) is 9.24. The number of piperazine rings is 1. The van der Waals surface area contributed by atoms with Gasteiger partial charge in [0.1, 0.15) is 29.7 Å². The average Bonchev–Trinajstić information content (AvgIpc) is 2.72. The van der Waals surface area contributed by atoms with Crippen molar-refractivity contribution in [3.63, 3.8) is 0 Å². The first kappa shape index (κ1) is 17.8. The van der Waals surface area contributed by atoms with Gasteiger partial charge in [-0.3, -0.25) is 4.90 Å². The predicted octanol–water partition coefficient (Wildman–Crippen LogP) is 2.01. The van der Waals surface area contributed by atoms with Crippen LogP contribution in [0.15, 0.2) is 41.7 Å². The summed E-state index contributed by atoms with van der Waals surface area (Å²) >= 11 is 0. The van der Waals surface area contributed by atoms with Crippen LogP contribution in [-0.4, -0.2) is 53.1 Å². The van der Waals surface area contributed by atoms with E-state index in [4.69, 9.17) is 9.73 Å². The molecule has 2 atom stereocenters. The molecule has 0 aliphatic carbocycles. The molecule has 2 N–H and O–H groups in total. The highest BCUT2D eigenvalue weighted by Crippen LogP contribution is 2.30. The minimum absolute atomic E-state index is 0.0332. The van der Waals surface area contributed by atoms with E-state index in [1.807, 2.05) is 24.3 Å². The van der Waals surface area contributed by atoms with Crippen molar-refractivity contribution in [1.29, 1.82) is 0 Å². The van der Waals surface area contributed by atoms with Gasteiger partial charge in [0.15, 0.2) is 5.82 Å². The van der Waals surface area contributed by atoms with E-state index in [1.165, 1.54) is 12.4 Å². The number of hydrogen-bond acceptors (Lipinski definition) is 7. The molecule has 2 aliphatic rings. The molecular formula is C19H23FN6O. The molecule has 8 heteroatoms. The zero-order valence-corrected chi connectivity index (χ0v) is 15.2. The van der Waals surface area contributed by atoms with Crippen molar-refractivity contribution in [3.05, 3.63) is 48.3 Å². The highest BCUT2D eigenvalue weighted by Gasteiger charge is 2.31. The van der Waals surface area contributed by atoms with Crippen molar-refractivity contribution < 1.29 is 9.13 Å². The minimum atomic E-state index is -0.424. The number of nitrogens with one attached hydrogen (secondary N) is 2. The van der Waals surface area contributed by atoms with E-state index in [2.05, 4.69) is 32.4 Å². The SMILES string of the molecule is CCC(NC1=Nc2ccccc2OC1)N1CCNCC1c1ncc(F)cn1. The summed E-state index contributed by atoms with van der Waals surface area (Å²) in [6.07, 6.45) is 3.37. The second-order valence-electron chi connectivity index (χ2n) is 6.60. The maximum atomic E-state index is 13.2. The third kappa shape index (κ3) is 3.91. The lowest BCUT2D eigenvalue weighted by molar-refractivity contribution is 0.0879. The topological polar surface area (TPSA) is 74.7 Å². The zero-order valence-electron chi connectivity index (χ0n) is 15.2. The Balaban J connectivity index is 1.54. The van der Waals surface area contributed by atoms with Crippen LogP contribution in [0.3, 0.4) is 0 Å². The largest absolute Gasteiger partial charge is 0.483 e. The first-order valence-electron chi connectivity index (χ1n) is 9.24. The zero-order chi connectivity index (χ0) is 18.6. The van der Waals surface area contributed by atoms with Crippen molar-refractivity contribution >= 4 is 11.5 Å². The van der Waals surface area contributed by atoms with Crippen LogP contribution in [0, 0.1) is 5.82 Å². The number of rotatable bonds is 4. The third-order valence-electron chi connectivity index (χ3n) is 4.83. The second-order valence-corrected chi connectivity index (χ2v) is 6.60. The van der Waals surface area contributed by atoms with Crippen LogP contribution in [0.4, 0.5) is 10.1 Å².